The van der Waals surface area contributed by atoms with Gasteiger partial charge < -0.3 is 4.57 Å². The van der Waals surface area contributed by atoms with Gasteiger partial charge in [0.05, 0.1) is 7.14 Å². The van der Waals surface area contributed by atoms with Gasteiger partial charge in [-0.05, 0) is 0 Å². The zero-order valence-corrected chi connectivity index (χ0v) is 9.48. The van der Waals surface area contributed by atoms with E-state index in [0.717, 1.165) is 0 Å². The van der Waals surface area contributed by atoms with Gasteiger partial charge in [-0.1, -0.05) is 41.5 Å². The first-order chi connectivity index (χ1) is 4.83. The van der Waals surface area contributed by atoms with E-state index in [1.165, 1.54) is 0 Å². The minimum atomic E-state index is -1.94. The van der Waals surface area contributed by atoms with Crippen molar-refractivity contribution in [3.05, 3.63) is 0 Å². The molecule has 0 radical (unpaired) electrons. The van der Waals surface area contributed by atoms with Crippen molar-refractivity contribution >= 4 is 7.14 Å². The fraction of sp³-hybridized carbons (Fsp3) is 1.00. The Balaban J connectivity index is 4.69. The SMILES string of the molecule is CC(C)P(=O)(C(C)C)C(C)C. The molecule has 0 aromatic carbocycles. The van der Waals surface area contributed by atoms with Gasteiger partial charge in [0.25, 0.3) is 0 Å². The Morgan fingerprint density at radius 1 is 0.727 bits per heavy atom. The minimum absolute atomic E-state index is 0.336. The van der Waals surface area contributed by atoms with E-state index < -0.39 is 7.14 Å². The normalized spacial score (nSPS) is 13.5. The van der Waals surface area contributed by atoms with Crippen molar-refractivity contribution in [2.24, 2.45) is 0 Å². The van der Waals surface area contributed by atoms with Crippen LogP contribution in [0.1, 0.15) is 41.5 Å². The standard InChI is InChI=1S/C9H21OP/c1-7(2)11(10,8(3)4)9(5)6/h7-9H,1-6H3. The number of hydrogen-bond acceptors (Lipinski definition) is 1. The van der Waals surface area contributed by atoms with Crippen LogP contribution in [-0.4, -0.2) is 17.0 Å². The van der Waals surface area contributed by atoms with Crippen LogP contribution in [0, 0.1) is 0 Å². The molecule has 68 valence electrons. The quantitative estimate of drug-likeness (QED) is 0.601. The lowest BCUT2D eigenvalue weighted by Gasteiger charge is -2.29. The zero-order chi connectivity index (χ0) is 9.23. The second kappa shape index (κ2) is 3.76. The Kier molecular flexibility index (Phi) is 3.84. The van der Waals surface area contributed by atoms with E-state index in [-0.39, 0.29) is 0 Å². The first-order valence-corrected chi connectivity index (χ1v) is 6.34. The maximum atomic E-state index is 12.3. The Morgan fingerprint density at radius 3 is 0.909 bits per heavy atom. The highest BCUT2D eigenvalue weighted by atomic mass is 31.2. The zero-order valence-electron chi connectivity index (χ0n) is 8.59. The molecule has 0 aromatic rings. The van der Waals surface area contributed by atoms with Gasteiger partial charge in [0.15, 0.2) is 0 Å². The largest absolute Gasteiger partial charge is 0.323 e. The maximum absolute atomic E-state index is 12.3. The smallest absolute Gasteiger partial charge is 0.0948 e. The molecule has 0 atom stereocenters. The molecule has 2 heteroatoms. The molecule has 0 aliphatic heterocycles. The van der Waals surface area contributed by atoms with Crippen molar-refractivity contribution in [1.82, 2.24) is 0 Å². The van der Waals surface area contributed by atoms with E-state index in [0.29, 0.717) is 17.0 Å². The summed E-state index contributed by atoms with van der Waals surface area (Å²) in [5.74, 6) is 0. The topological polar surface area (TPSA) is 17.1 Å². The highest BCUT2D eigenvalue weighted by Gasteiger charge is 2.33. The fourth-order valence-corrected chi connectivity index (χ4v) is 5.37. The molecule has 0 aliphatic carbocycles. The molecule has 0 bridgehead atoms. The van der Waals surface area contributed by atoms with Gasteiger partial charge in [-0.3, -0.25) is 0 Å². The van der Waals surface area contributed by atoms with E-state index >= 15 is 0 Å². The van der Waals surface area contributed by atoms with Crippen molar-refractivity contribution in [2.75, 3.05) is 0 Å². The van der Waals surface area contributed by atoms with Crippen LogP contribution >= 0.6 is 7.14 Å². The minimum Gasteiger partial charge on any atom is -0.323 e. The Morgan fingerprint density at radius 2 is 0.909 bits per heavy atom. The molecular formula is C9H21OP. The van der Waals surface area contributed by atoms with Crippen LogP contribution < -0.4 is 0 Å². The summed E-state index contributed by atoms with van der Waals surface area (Å²) in [5, 5.41) is 0. The van der Waals surface area contributed by atoms with Crippen molar-refractivity contribution < 1.29 is 4.57 Å². The third-order valence-corrected chi connectivity index (χ3v) is 7.26. The fourth-order valence-electron chi connectivity index (χ4n) is 1.79. The second-order valence-electron chi connectivity index (χ2n) is 4.04. The molecule has 0 saturated carbocycles. The molecule has 0 spiro atoms. The van der Waals surface area contributed by atoms with Gasteiger partial charge >= 0.3 is 0 Å². The molecular weight excluding hydrogens is 155 g/mol. The summed E-state index contributed by atoms with van der Waals surface area (Å²) in [7, 11) is -1.94. The van der Waals surface area contributed by atoms with E-state index in [4.69, 9.17) is 0 Å². The summed E-state index contributed by atoms with van der Waals surface area (Å²) in [4.78, 5) is 0. The number of rotatable bonds is 3. The van der Waals surface area contributed by atoms with Gasteiger partial charge in [0.2, 0.25) is 0 Å². The van der Waals surface area contributed by atoms with Gasteiger partial charge in [0.1, 0.15) is 0 Å². The summed E-state index contributed by atoms with van der Waals surface area (Å²) in [6.45, 7) is 12.4. The Labute approximate surface area is 70.9 Å². The van der Waals surface area contributed by atoms with Crippen LogP contribution in [0.2, 0.25) is 0 Å². The lowest BCUT2D eigenvalue weighted by Crippen LogP contribution is -2.16. The Hall–Kier alpha value is 0.230. The highest BCUT2D eigenvalue weighted by molar-refractivity contribution is 7.65. The van der Waals surface area contributed by atoms with E-state index in [1.807, 2.05) is 0 Å². The van der Waals surface area contributed by atoms with Crippen LogP contribution in [0.3, 0.4) is 0 Å². The summed E-state index contributed by atoms with van der Waals surface area (Å²) < 4.78 is 12.3. The second-order valence-corrected chi connectivity index (χ2v) is 8.67. The average Bonchev–Trinajstić information content (AvgIpc) is 1.84. The van der Waals surface area contributed by atoms with Crippen molar-refractivity contribution in [3.63, 3.8) is 0 Å². The predicted molar refractivity (Wildman–Crippen MR) is 53.0 cm³/mol. The summed E-state index contributed by atoms with van der Waals surface area (Å²) in [6, 6.07) is 0. The van der Waals surface area contributed by atoms with Crippen LogP contribution in [0.15, 0.2) is 0 Å². The van der Waals surface area contributed by atoms with E-state index in [1.54, 1.807) is 0 Å². The molecule has 0 aliphatic rings. The monoisotopic (exact) mass is 176 g/mol. The van der Waals surface area contributed by atoms with Crippen LogP contribution in [0.5, 0.6) is 0 Å². The molecule has 1 nitrogen and oxygen atoms in total. The summed E-state index contributed by atoms with van der Waals surface area (Å²) in [5.41, 5.74) is 1.01. The first kappa shape index (κ1) is 11.2. The summed E-state index contributed by atoms with van der Waals surface area (Å²) >= 11 is 0. The third-order valence-electron chi connectivity index (χ3n) is 2.42. The van der Waals surface area contributed by atoms with Gasteiger partial charge in [-0.2, -0.15) is 0 Å². The van der Waals surface area contributed by atoms with Crippen LogP contribution in [0.4, 0.5) is 0 Å². The molecule has 0 saturated heterocycles. The average molecular weight is 176 g/mol. The van der Waals surface area contributed by atoms with Crippen molar-refractivity contribution in [1.29, 1.82) is 0 Å². The van der Waals surface area contributed by atoms with Crippen LogP contribution in [0.25, 0.3) is 0 Å². The predicted octanol–water partition coefficient (Wildman–Crippen LogP) is 3.57. The molecule has 0 heterocycles. The summed E-state index contributed by atoms with van der Waals surface area (Å²) in [6.07, 6.45) is 0. The van der Waals surface area contributed by atoms with Gasteiger partial charge in [-0.25, -0.2) is 0 Å². The molecule has 0 rings (SSSR count). The molecule has 0 aromatic heterocycles. The van der Waals surface area contributed by atoms with Gasteiger partial charge in [0, 0.05) is 17.0 Å². The molecule has 0 fully saturated rings. The van der Waals surface area contributed by atoms with E-state index in [9.17, 15) is 4.57 Å². The van der Waals surface area contributed by atoms with Crippen molar-refractivity contribution in [2.45, 2.75) is 58.5 Å². The lowest BCUT2D eigenvalue weighted by molar-refractivity contribution is 0.554. The molecule has 0 amide bonds. The Bertz CT molecular complexity index is 130. The third kappa shape index (κ3) is 2.08. The number of hydrogen-bond donors (Lipinski definition) is 0. The van der Waals surface area contributed by atoms with Crippen molar-refractivity contribution in [3.8, 4) is 0 Å². The highest BCUT2D eigenvalue weighted by Crippen LogP contribution is 2.58. The first-order valence-electron chi connectivity index (χ1n) is 4.42. The maximum Gasteiger partial charge on any atom is 0.0948 e. The lowest BCUT2D eigenvalue weighted by atomic mass is 10.5. The molecule has 11 heavy (non-hydrogen) atoms. The molecule has 0 unspecified atom stereocenters. The van der Waals surface area contributed by atoms with Gasteiger partial charge in [-0.15, -0.1) is 0 Å². The van der Waals surface area contributed by atoms with Crippen LogP contribution in [-0.2, 0) is 4.57 Å². The molecule has 0 N–H and O–H groups in total. The van der Waals surface area contributed by atoms with E-state index in [2.05, 4.69) is 41.5 Å².